The van der Waals surface area contributed by atoms with Crippen molar-refractivity contribution < 1.29 is 19.2 Å². The van der Waals surface area contributed by atoms with E-state index in [9.17, 15) is 14.4 Å². The third-order valence-electron chi connectivity index (χ3n) is 9.47. The Labute approximate surface area is 221 Å². The molecule has 37 heavy (non-hydrogen) atoms. The fraction of sp³-hybridized carbons (Fsp3) is 0.515. The van der Waals surface area contributed by atoms with Crippen molar-refractivity contribution in [3.63, 3.8) is 0 Å². The predicted molar refractivity (Wildman–Crippen MR) is 146 cm³/mol. The molecule has 0 heterocycles. The molecule has 0 aliphatic heterocycles. The number of hydrogen-bond acceptors (Lipinski definition) is 4. The van der Waals surface area contributed by atoms with Gasteiger partial charge in [0, 0.05) is 11.5 Å². The van der Waals surface area contributed by atoms with Crippen molar-refractivity contribution in [3.05, 3.63) is 70.8 Å². The third-order valence-corrected chi connectivity index (χ3v) is 9.47. The Morgan fingerprint density at radius 1 is 0.811 bits per heavy atom. The first kappa shape index (κ1) is 27.2. The van der Waals surface area contributed by atoms with Crippen molar-refractivity contribution in [1.29, 1.82) is 0 Å². The van der Waals surface area contributed by atoms with Gasteiger partial charge < -0.3 is 0 Å². The van der Waals surface area contributed by atoms with E-state index >= 15 is 4.79 Å². The molecule has 1 aromatic rings. The van der Waals surface area contributed by atoms with E-state index in [1.165, 1.54) is 0 Å². The molecule has 4 aliphatic carbocycles. The zero-order valence-electron chi connectivity index (χ0n) is 23.5. The van der Waals surface area contributed by atoms with Crippen LogP contribution in [-0.2, 0) is 14.4 Å². The number of benzene rings is 1. The second-order valence-electron chi connectivity index (χ2n) is 12.8. The van der Waals surface area contributed by atoms with Gasteiger partial charge in [-0.25, -0.2) is 0 Å². The standard InChI is InChI=1S/C33H40O4/c1-20(2)14-16-31-19-25-24(18-22(5)6)33(28(31)36,26(34)23-12-10-9-11-13-23)29(37)32(27(31)35,30(25,7)8)17-15-21(3)4/h9-15,18,24-25H,16-17,19H2,1-8H3/t24-,25-,31-,32+,33-/m0/s1. The van der Waals surface area contributed by atoms with Crippen LogP contribution >= 0.6 is 0 Å². The molecule has 0 saturated heterocycles. The number of allylic oxidation sites excluding steroid dienone is 6. The van der Waals surface area contributed by atoms with Crippen molar-refractivity contribution in [2.24, 2.45) is 33.5 Å². The first-order valence-electron chi connectivity index (χ1n) is 13.4. The lowest BCUT2D eigenvalue weighted by atomic mass is 9.27. The maximum atomic E-state index is 15.0. The highest BCUT2D eigenvalue weighted by Crippen LogP contribution is 2.75. The molecule has 5 atom stereocenters. The smallest absolute Gasteiger partial charge is 0.184 e. The topological polar surface area (TPSA) is 68.3 Å². The van der Waals surface area contributed by atoms with Gasteiger partial charge in [0.1, 0.15) is 0 Å². The zero-order valence-corrected chi connectivity index (χ0v) is 23.5. The number of hydrogen-bond donors (Lipinski definition) is 0. The molecule has 0 unspecified atom stereocenters. The van der Waals surface area contributed by atoms with E-state index in [1.807, 2.05) is 79.7 Å². The average molecular weight is 501 g/mol. The Morgan fingerprint density at radius 2 is 1.38 bits per heavy atom. The van der Waals surface area contributed by atoms with Gasteiger partial charge in [-0.2, -0.15) is 0 Å². The monoisotopic (exact) mass is 500 g/mol. The van der Waals surface area contributed by atoms with Crippen molar-refractivity contribution >= 4 is 23.1 Å². The minimum atomic E-state index is -1.91. The summed E-state index contributed by atoms with van der Waals surface area (Å²) in [4.78, 5) is 59.1. The summed E-state index contributed by atoms with van der Waals surface area (Å²) in [6, 6.07) is 8.68. The zero-order chi connectivity index (χ0) is 27.6. The molecule has 0 spiro atoms. The quantitative estimate of drug-likeness (QED) is 0.232. The van der Waals surface area contributed by atoms with Crippen molar-refractivity contribution in [2.45, 2.75) is 74.7 Å². The highest BCUT2D eigenvalue weighted by molar-refractivity contribution is 6.42. The Morgan fingerprint density at radius 3 is 1.92 bits per heavy atom. The highest BCUT2D eigenvalue weighted by Gasteiger charge is 2.86. The number of rotatable bonds is 7. The molecule has 4 fully saturated rings. The predicted octanol–water partition coefficient (Wildman–Crippen LogP) is 6.90. The lowest BCUT2D eigenvalue weighted by Gasteiger charge is -2.71. The molecule has 0 N–H and O–H groups in total. The maximum absolute atomic E-state index is 15.0. The van der Waals surface area contributed by atoms with Crippen LogP contribution in [0.15, 0.2) is 65.3 Å². The van der Waals surface area contributed by atoms with Crippen molar-refractivity contribution in [2.75, 3.05) is 0 Å². The molecule has 4 nitrogen and oxygen atoms in total. The van der Waals surface area contributed by atoms with Gasteiger partial charge in [0.05, 0.1) is 10.8 Å². The van der Waals surface area contributed by atoms with Gasteiger partial charge >= 0.3 is 0 Å². The number of ketones is 4. The molecule has 196 valence electrons. The molecule has 4 heteroatoms. The fourth-order valence-electron chi connectivity index (χ4n) is 7.56. The van der Waals surface area contributed by atoms with Crippen LogP contribution in [0, 0.1) is 33.5 Å². The number of carbonyl (C=O) groups is 4. The summed E-state index contributed by atoms with van der Waals surface area (Å²) >= 11 is 0. The first-order valence-corrected chi connectivity index (χ1v) is 13.4. The van der Waals surface area contributed by atoms with Gasteiger partial charge in [-0.3, -0.25) is 19.2 Å². The second-order valence-corrected chi connectivity index (χ2v) is 12.8. The van der Waals surface area contributed by atoms with Crippen LogP contribution in [0.25, 0.3) is 0 Å². The molecular formula is C33H40O4. The molecule has 0 radical (unpaired) electrons. The molecule has 1 aromatic carbocycles. The third kappa shape index (κ3) is 3.40. The summed E-state index contributed by atoms with van der Waals surface area (Å²) in [5.74, 6) is -2.48. The van der Waals surface area contributed by atoms with E-state index in [1.54, 1.807) is 24.3 Å². The number of Topliss-reactive ketones (excluding diaryl/α,β-unsaturated/α-hetero) is 4. The van der Waals surface area contributed by atoms with E-state index in [-0.39, 0.29) is 24.5 Å². The van der Waals surface area contributed by atoms with Crippen LogP contribution in [0.1, 0.15) is 85.0 Å². The second kappa shape index (κ2) is 8.85. The van der Waals surface area contributed by atoms with E-state index in [0.29, 0.717) is 12.0 Å². The van der Waals surface area contributed by atoms with E-state index in [0.717, 1.165) is 16.7 Å². The van der Waals surface area contributed by atoms with Gasteiger partial charge in [0.15, 0.2) is 28.5 Å². The van der Waals surface area contributed by atoms with Gasteiger partial charge in [-0.1, -0.05) is 79.1 Å². The lowest BCUT2D eigenvalue weighted by molar-refractivity contribution is -0.210. The van der Waals surface area contributed by atoms with Crippen LogP contribution in [0.2, 0.25) is 0 Å². The molecule has 4 bridgehead atoms. The summed E-state index contributed by atoms with van der Waals surface area (Å²) in [7, 11) is 0. The van der Waals surface area contributed by atoms with E-state index in [4.69, 9.17) is 0 Å². The van der Waals surface area contributed by atoms with E-state index in [2.05, 4.69) is 0 Å². The summed E-state index contributed by atoms with van der Waals surface area (Å²) < 4.78 is 0. The van der Waals surface area contributed by atoms with Crippen LogP contribution in [-0.4, -0.2) is 23.1 Å². The Balaban J connectivity index is 2.14. The average Bonchev–Trinajstić information content (AvgIpc) is 2.82. The minimum absolute atomic E-state index is 0.181. The van der Waals surface area contributed by atoms with Crippen LogP contribution < -0.4 is 0 Å². The minimum Gasteiger partial charge on any atom is -0.297 e. The van der Waals surface area contributed by atoms with Crippen LogP contribution in [0.5, 0.6) is 0 Å². The molecule has 4 saturated carbocycles. The maximum Gasteiger partial charge on any atom is 0.184 e. The SMILES string of the molecule is CC(C)=CC[C@@]12C[C@H]3[C@H](C=C(C)C)[C@](C(=O)c4ccccc4)(C1=O)C(=O)[C@@](CC=C(C)C)(C2=O)C3(C)C. The van der Waals surface area contributed by atoms with Crippen LogP contribution in [0.3, 0.4) is 0 Å². The van der Waals surface area contributed by atoms with Gasteiger partial charge in [0.2, 0.25) is 0 Å². The van der Waals surface area contributed by atoms with Gasteiger partial charge in [-0.05, 0) is 72.1 Å². The van der Waals surface area contributed by atoms with E-state index < -0.39 is 44.9 Å². The Hall–Kier alpha value is -2.88. The number of carbonyl (C=O) groups excluding carboxylic acids is 4. The van der Waals surface area contributed by atoms with Gasteiger partial charge in [-0.15, -0.1) is 0 Å². The van der Waals surface area contributed by atoms with Gasteiger partial charge in [0.25, 0.3) is 0 Å². The van der Waals surface area contributed by atoms with Crippen molar-refractivity contribution in [3.8, 4) is 0 Å². The molecule has 5 rings (SSSR count). The Bertz CT molecular complexity index is 1260. The lowest BCUT2D eigenvalue weighted by Crippen LogP contribution is -2.83. The van der Waals surface area contributed by atoms with Crippen molar-refractivity contribution in [1.82, 2.24) is 0 Å². The molecule has 4 aliphatic rings. The first-order chi connectivity index (χ1) is 17.2. The molecule has 0 aromatic heterocycles. The Kier molecular flexibility index (Phi) is 6.50. The summed E-state index contributed by atoms with van der Waals surface area (Å²) in [6.45, 7) is 15.7. The highest BCUT2D eigenvalue weighted by atomic mass is 16.2. The molecular weight excluding hydrogens is 460 g/mol. The fourth-order valence-corrected chi connectivity index (χ4v) is 7.56. The molecule has 0 amide bonds. The largest absolute Gasteiger partial charge is 0.297 e. The summed E-state index contributed by atoms with van der Waals surface area (Å²) in [5, 5.41) is 0. The summed E-state index contributed by atoms with van der Waals surface area (Å²) in [5.41, 5.74) is -2.14. The summed E-state index contributed by atoms with van der Waals surface area (Å²) in [6.07, 6.45) is 6.66. The normalized spacial score (nSPS) is 33.2. The van der Waals surface area contributed by atoms with Crippen LogP contribution in [0.4, 0.5) is 0 Å².